The van der Waals surface area contributed by atoms with Crippen molar-refractivity contribution < 1.29 is 4.74 Å². The van der Waals surface area contributed by atoms with E-state index in [4.69, 9.17) is 4.74 Å². The Bertz CT molecular complexity index is 652. The second-order valence-electron chi connectivity index (χ2n) is 5.77. The summed E-state index contributed by atoms with van der Waals surface area (Å²) in [6.07, 6.45) is 7.91. The molecule has 0 saturated heterocycles. The predicted octanol–water partition coefficient (Wildman–Crippen LogP) is 3.35. The van der Waals surface area contributed by atoms with Gasteiger partial charge in [-0.1, -0.05) is 22.9 Å². The van der Waals surface area contributed by atoms with E-state index < -0.39 is 0 Å². The molecule has 0 aliphatic carbocycles. The number of halogens is 1. The Morgan fingerprint density at radius 3 is 3.18 bits per heavy atom. The number of hydrogen-bond donors (Lipinski definition) is 1. The Hall–Kier alpha value is -1.59. The van der Waals surface area contributed by atoms with Gasteiger partial charge in [-0.05, 0) is 42.3 Å². The van der Waals surface area contributed by atoms with Crippen LogP contribution >= 0.6 is 15.9 Å². The van der Waals surface area contributed by atoms with E-state index >= 15 is 0 Å². The van der Waals surface area contributed by atoms with E-state index in [0.29, 0.717) is 12.5 Å². The summed E-state index contributed by atoms with van der Waals surface area (Å²) < 4.78 is 8.98. The lowest BCUT2D eigenvalue weighted by atomic mass is 10.1. The third kappa shape index (κ3) is 3.99. The fourth-order valence-corrected chi connectivity index (χ4v) is 2.97. The molecule has 1 aromatic carbocycles. The van der Waals surface area contributed by atoms with Gasteiger partial charge in [0.05, 0.1) is 6.33 Å². The van der Waals surface area contributed by atoms with Gasteiger partial charge in [0.15, 0.2) is 0 Å². The number of rotatable bonds is 6. The molecule has 22 heavy (non-hydrogen) atoms. The molecule has 0 radical (unpaired) electrons. The van der Waals surface area contributed by atoms with Crippen LogP contribution < -0.4 is 10.1 Å². The Kier molecular flexibility index (Phi) is 4.95. The lowest BCUT2D eigenvalue weighted by Gasteiger charge is -2.19. The smallest absolute Gasteiger partial charge is 0.127 e. The molecule has 0 amide bonds. The maximum atomic E-state index is 5.79. The molecular formula is C17H20BrN3O. The highest BCUT2D eigenvalue weighted by molar-refractivity contribution is 9.10. The summed E-state index contributed by atoms with van der Waals surface area (Å²) in [6.45, 7) is 5.72. The highest BCUT2D eigenvalue weighted by Gasteiger charge is 2.12. The van der Waals surface area contributed by atoms with Crippen LogP contribution in [0.25, 0.3) is 6.08 Å². The summed E-state index contributed by atoms with van der Waals surface area (Å²) in [6, 6.07) is 6.11. The zero-order valence-corrected chi connectivity index (χ0v) is 14.2. The lowest BCUT2D eigenvalue weighted by molar-refractivity contribution is 0.341. The fourth-order valence-electron chi connectivity index (χ4n) is 2.60. The average Bonchev–Trinajstić information content (AvgIpc) is 2.99. The molecule has 0 fully saturated rings. The van der Waals surface area contributed by atoms with Crippen LogP contribution in [-0.4, -0.2) is 29.2 Å². The summed E-state index contributed by atoms with van der Waals surface area (Å²) >= 11 is 3.50. The zero-order chi connectivity index (χ0) is 15.4. The van der Waals surface area contributed by atoms with Crippen molar-refractivity contribution in [1.29, 1.82) is 0 Å². The summed E-state index contributed by atoms with van der Waals surface area (Å²) in [5, 5.41) is 3.52. The molecule has 2 aromatic rings. The van der Waals surface area contributed by atoms with Crippen LogP contribution in [-0.2, 0) is 6.54 Å². The molecule has 5 heteroatoms. The van der Waals surface area contributed by atoms with E-state index in [1.165, 1.54) is 5.57 Å². The number of imidazole rings is 1. The molecule has 1 unspecified atom stereocenters. The SMILES string of the molecule is CC(CNCC1=Cc2cc(Br)ccc2OC1)Cn1ccnc1. The fraction of sp³-hybridized carbons (Fsp3) is 0.353. The highest BCUT2D eigenvalue weighted by Crippen LogP contribution is 2.28. The Morgan fingerprint density at radius 1 is 1.45 bits per heavy atom. The van der Waals surface area contributed by atoms with Gasteiger partial charge in [0, 0.05) is 35.5 Å². The van der Waals surface area contributed by atoms with Gasteiger partial charge in [0.2, 0.25) is 0 Å². The number of fused-ring (bicyclic) bond motifs is 1. The van der Waals surface area contributed by atoms with E-state index in [-0.39, 0.29) is 0 Å². The standard InChI is InChI=1S/C17H20BrN3O/c1-13(10-21-5-4-19-12-21)8-20-9-14-6-15-7-16(18)2-3-17(15)22-11-14/h2-7,12-13,20H,8-11H2,1H3. The van der Waals surface area contributed by atoms with Crippen molar-refractivity contribution in [1.82, 2.24) is 14.9 Å². The number of hydrogen-bond acceptors (Lipinski definition) is 3. The van der Waals surface area contributed by atoms with Crippen LogP contribution in [0.4, 0.5) is 0 Å². The van der Waals surface area contributed by atoms with E-state index in [9.17, 15) is 0 Å². The molecule has 1 aliphatic rings. The molecule has 1 atom stereocenters. The van der Waals surface area contributed by atoms with Crippen molar-refractivity contribution in [2.24, 2.45) is 5.92 Å². The van der Waals surface area contributed by atoms with E-state index in [1.54, 1.807) is 0 Å². The second kappa shape index (κ2) is 7.11. The van der Waals surface area contributed by atoms with Crippen LogP contribution in [0.2, 0.25) is 0 Å². The van der Waals surface area contributed by atoms with Crippen molar-refractivity contribution in [3.63, 3.8) is 0 Å². The molecule has 0 spiro atoms. The van der Waals surface area contributed by atoms with E-state index in [1.807, 2.05) is 30.9 Å². The number of nitrogens with one attached hydrogen (secondary N) is 1. The molecule has 116 valence electrons. The lowest BCUT2D eigenvalue weighted by Crippen LogP contribution is -2.27. The molecule has 2 heterocycles. The molecule has 0 saturated carbocycles. The number of benzene rings is 1. The van der Waals surface area contributed by atoms with Crippen molar-refractivity contribution in [3.05, 3.63) is 52.5 Å². The topological polar surface area (TPSA) is 39.1 Å². The number of nitrogens with zero attached hydrogens (tertiary/aromatic N) is 2. The first-order valence-corrected chi connectivity index (χ1v) is 8.28. The van der Waals surface area contributed by atoms with Crippen LogP contribution in [0.5, 0.6) is 5.75 Å². The quantitative estimate of drug-likeness (QED) is 0.857. The Balaban J connectivity index is 1.50. The maximum Gasteiger partial charge on any atom is 0.127 e. The van der Waals surface area contributed by atoms with E-state index in [2.05, 4.69) is 49.9 Å². The normalized spacial score (nSPS) is 14.9. The summed E-state index contributed by atoms with van der Waals surface area (Å²) in [7, 11) is 0. The molecule has 1 aromatic heterocycles. The van der Waals surface area contributed by atoms with Crippen molar-refractivity contribution >= 4 is 22.0 Å². The first kappa shape index (κ1) is 15.3. The molecule has 1 aliphatic heterocycles. The van der Waals surface area contributed by atoms with Gasteiger partial charge in [0.1, 0.15) is 12.4 Å². The van der Waals surface area contributed by atoms with Gasteiger partial charge >= 0.3 is 0 Å². The van der Waals surface area contributed by atoms with Gasteiger partial charge in [-0.2, -0.15) is 0 Å². The first-order chi connectivity index (χ1) is 10.7. The van der Waals surface area contributed by atoms with Gasteiger partial charge in [-0.3, -0.25) is 0 Å². The molecule has 4 nitrogen and oxygen atoms in total. The second-order valence-corrected chi connectivity index (χ2v) is 6.68. The van der Waals surface area contributed by atoms with Crippen LogP contribution in [0.1, 0.15) is 12.5 Å². The average molecular weight is 362 g/mol. The maximum absolute atomic E-state index is 5.79. The summed E-state index contributed by atoms with van der Waals surface area (Å²) in [5.74, 6) is 1.51. The number of ether oxygens (including phenoxy) is 1. The molecule has 1 N–H and O–H groups in total. The van der Waals surface area contributed by atoms with Crippen LogP contribution in [0, 0.1) is 5.92 Å². The van der Waals surface area contributed by atoms with Crippen molar-refractivity contribution in [3.8, 4) is 5.75 Å². The van der Waals surface area contributed by atoms with Gasteiger partial charge in [0.25, 0.3) is 0 Å². The molecule has 0 bridgehead atoms. The Morgan fingerprint density at radius 2 is 2.36 bits per heavy atom. The largest absolute Gasteiger partial charge is 0.489 e. The molecule has 3 rings (SSSR count). The Labute approximate surface area is 139 Å². The number of aromatic nitrogens is 2. The van der Waals surface area contributed by atoms with Crippen molar-refractivity contribution in [2.45, 2.75) is 13.5 Å². The monoisotopic (exact) mass is 361 g/mol. The highest BCUT2D eigenvalue weighted by atomic mass is 79.9. The first-order valence-electron chi connectivity index (χ1n) is 7.49. The van der Waals surface area contributed by atoms with Crippen LogP contribution in [0.3, 0.4) is 0 Å². The zero-order valence-electron chi connectivity index (χ0n) is 12.6. The van der Waals surface area contributed by atoms with E-state index in [0.717, 1.165) is 35.4 Å². The third-order valence-electron chi connectivity index (χ3n) is 3.67. The third-order valence-corrected chi connectivity index (χ3v) is 4.16. The minimum absolute atomic E-state index is 0.556. The van der Waals surface area contributed by atoms with Gasteiger partial charge in [-0.15, -0.1) is 0 Å². The van der Waals surface area contributed by atoms with Gasteiger partial charge < -0.3 is 14.6 Å². The molecular weight excluding hydrogens is 342 g/mol. The van der Waals surface area contributed by atoms with Crippen molar-refractivity contribution in [2.75, 3.05) is 19.7 Å². The minimum atomic E-state index is 0.556. The predicted molar refractivity (Wildman–Crippen MR) is 91.9 cm³/mol. The summed E-state index contributed by atoms with van der Waals surface area (Å²) in [4.78, 5) is 4.07. The minimum Gasteiger partial charge on any atom is -0.489 e. The van der Waals surface area contributed by atoms with Crippen LogP contribution in [0.15, 0.2) is 47.0 Å². The van der Waals surface area contributed by atoms with Gasteiger partial charge in [-0.25, -0.2) is 4.98 Å². The summed E-state index contributed by atoms with van der Waals surface area (Å²) in [5.41, 5.74) is 2.42.